The molecule has 19 heavy (non-hydrogen) atoms. The lowest BCUT2D eigenvalue weighted by Crippen LogP contribution is -2.22. The lowest BCUT2D eigenvalue weighted by Gasteiger charge is -2.10. The second-order valence-corrected chi connectivity index (χ2v) is 6.94. The Hall–Kier alpha value is -1.51. The molecule has 0 aliphatic rings. The van der Waals surface area contributed by atoms with E-state index in [1.54, 1.807) is 19.9 Å². The molecule has 0 amide bonds. The molecule has 0 aliphatic carbocycles. The molecule has 1 aromatic rings. The summed E-state index contributed by atoms with van der Waals surface area (Å²) in [7, 11) is -3.08. The number of nitrogens with two attached hydrogens (primary N) is 1. The van der Waals surface area contributed by atoms with Crippen LogP contribution in [-0.2, 0) is 9.84 Å². The molecule has 0 atom stereocenters. The topological polar surface area (TPSA) is 69.4 Å². The van der Waals surface area contributed by atoms with Crippen molar-refractivity contribution in [2.45, 2.75) is 19.1 Å². The lowest BCUT2D eigenvalue weighted by atomic mass is 10.2. The van der Waals surface area contributed by atoms with Crippen LogP contribution in [-0.4, -0.2) is 32.6 Å². The molecule has 1 aromatic carbocycles. The van der Waals surface area contributed by atoms with Crippen molar-refractivity contribution in [2.75, 3.05) is 18.9 Å². The van der Waals surface area contributed by atoms with Gasteiger partial charge < -0.3 is 10.5 Å². The SMILES string of the molecule is CC(C)S(=O)(=O)CCOc1ccccc1C#CCN. The van der Waals surface area contributed by atoms with Gasteiger partial charge >= 0.3 is 0 Å². The van der Waals surface area contributed by atoms with Gasteiger partial charge in [0.25, 0.3) is 0 Å². The first-order chi connectivity index (χ1) is 8.97. The van der Waals surface area contributed by atoms with Crippen molar-refractivity contribution in [1.29, 1.82) is 0 Å². The summed E-state index contributed by atoms with van der Waals surface area (Å²) in [5, 5.41) is -0.386. The van der Waals surface area contributed by atoms with E-state index in [0.29, 0.717) is 5.75 Å². The zero-order valence-corrected chi connectivity index (χ0v) is 12.0. The van der Waals surface area contributed by atoms with Gasteiger partial charge in [0.2, 0.25) is 0 Å². The molecule has 0 aromatic heterocycles. The summed E-state index contributed by atoms with van der Waals surface area (Å²) in [4.78, 5) is 0. The Bertz CT molecular complexity index is 568. The van der Waals surface area contributed by atoms with E-state index in [1.807, 2.05) is 18.2 Å². The Kier molecular flexibility index (Phi) is 5.87. The number of hydrogen-bond donors (Lipinski definition) is 1. The van der Waals surface area contributed by atoms with Crippen LogP contribution in [0.4, 0.5) is 0 Å². The third-order valence-corrected chi connectivity index (χ3v) is 4.73. The minimum Gasteiger partial charge on any atom is -0.491 e. The summed E-state index contributed by atoms with van der Waals surface area (Å²) in [6.45, 7) is 3.73. The van der Waals surface area contributed by atoms with Crippen molar-refractivity contribution in [2.24, 2.45) is 5.73 Å². The van der Waals surface area contributed by atoms with Crippen LogP contribution >= 0.6 is 0 Å². The van der Waals surface area contributed by atoms with Gasteiger partial charge in [0.05, 0.1) is 23.1 Å². The summed E-state index contributed by atoms with van der Waals surface area (Å²) in [5.41, 5.74) is 6.04. The van der Waals surface area contributed by atoms with E-state index in [4.69, 9.17) is 10.5 Å². The Morgan fingerprint density at radius 3 is 2.63 bits per heavy atom. The van der Waals surface area contributed by atoms with Crippen molar-refractivity contribution in [3.8, 4) is 17.6 Å². The van der Waals surface area contributed by atoms with E-state index < -0.39 is 9.84 Å². The van der Waals surface area contributed by atoms with Gasteiger partial charge in [0.1, 0.15) is 12.4 Å². The van der Waals surface area contributed by atoms with Crippen molar-refractivity contribution in [1.82, 2.24) is 0 Å². The average Bonchev–Trinajstić information content (AvgIpc) is 2.37. The molecular weight excluding hydrogens is 262 g/mol. The molecule has 0 radical (unpaired) electrons. The number of hydrogen-bond acceptors (Lipinski definition) is 4. The first kappa shape index (κ1) is 15.5. The third kappa shape index (κ3) is 4.93. The predicted molar refractivity (Wildman–Crippen MR) is 76.8 cm³/mol. The molecule has 2 N–H and O–H groups in total. The molecule has 0 unspecified atom stereocenters. The number of para-hydroxylation sites is 1. The second-order valence-electron chi connectivity index (χ2n) is 4.27. The van der Waals surface area contributed by atoms with Gasteiger partial charge in [0, 0.05) is 0 Å². The summed E-state index contributed by atoms with van der Waals surface area (Å²) >= 11 is 0. The summed E-state index contributed by atoms with van der Waals surface area (Å²) in [6, 6.07) is 7.25. The van der Waals surface area contributed by atoms with E-state index in [-0.39, 0.29) is 24.2 Å². The summed E-state index contributed by atoms with van der Waals surface area (Å²) in [6.07, 6.45) is 0. The smallest absolute Gasteiger partial charge is 0.155 e. The quantitative estimate of drug-likeness (QED) is 0.823. The monoisotopic (exact) mass is 281 g/mol. The number of benzene rings is 1. The second kappa shape index (κ2) is 7.17. The zero-order chi connectivity index (χ0) is 14.3. The largest absolute Gasteiger partial charge is 0.491 e. The molecule has 4 nitrogen and oxygen atoms in total. The fourth-order valence-corrected chi connectivity index (χ4v) is 2.13. The molecular formula is C14H19NO3S. The number of ether oxygens (including phenoxy) is 1. The van der Waals surface area contributed by atoms with Crippen LogP contribution in [0.25, 0.3) is 0 Å². The lowest BCUT2D eigenvalue weighted by molar-refractivity contribution is 0.339. The van der Waals surface area contributed by atoms with Gasteiger partial charge in [-0.05, 0) is 26.0 Å². The minimum atomic E-state index is -3.08. The first-order valence-corrected chi connectivity index (χ1v) is 7.81. The fourth-order valence-electron chi connectivity index (χ4n) is 1.35. The van der Waals surface area contributed by atoms with Crippen LogP contribution in [0, 0.1) is 11.8 Å². The van der Waals surface area contributed by atoms with E-state index in [0.717, 1.165) is 5.56 Å². The van der Waals surface area contributed by atoms with Crippen LogP contribution < -0.4 is 10.5 Å². The highest BCUT2D eigenvalue weighted by Gasteiger charge is 2.16. The van der Waals surface area contributed by atoms with Gasteiger partial charge in [-0.2, -0.15) is 0 Å². The standard InChI is InChI=1S/C14H19NO3S/c1-12(2)19(16,17)11-10-18-14-8-4-3-6-13(14)7-5-9-15/h3-4,6,8,12H,9-11,15H2,1-2H3. The van der Waals surface area contributed by atoms with Crippen LogP contribution in [0.2, 0.25) is 0 Å². The molecule has 0 spiro atoms. The predicted octanol–water partition coefficient (Wildman–Crippen LogP) is 1.20. The number of sulfone groups is 1. The molecule has 0 fully saturated rings. The van der Waals surface area contributed by atoms with Gasteiger partial charge in [-0.1, -0.05) is 24.0 Å². The van der Waals surface area contributed by atoms with Crippen molar-refractivity contribution < 1.29 is 13.2 Å². The summed E-state index contributed by atoms with van der Waals surface area (Å²) < 4.78 is 28.8. The molecule has 0 aliphatic heterocycles. The molecule has 0 saturated carbocycles. The van der Waals surface area contributed by atoms with Crippen molar-refractivity contribution in [3.05, 3.63) is 29.8 Å². The van der Waals surface area contributed by atoms with Gasteiger partial charge in [-0.15, -0.1) is 0 Å². The van der Waals surface area contributed by atoms with Crippen LogP contribution in [0.1, 0.15) is 19.4 Å². The normalized spacial score (nSPS) is 10.9. The van der Waals surface area contributed by atoms with Crippen LogP contribution in [0.3, 0.4) is 0 Å². The highest BCUT2D eigenvalue weighted by molar-refractivity contribution is 7.91. The summed E-state index contributed by atoms with van der Waals surface area (Å²) in [5.74, 6) is 6.23. The van der Waals surface area contributed by atoms with E-state index in [2.05, 4.69) is 11.8 Å². The molecule has 104 valence electrons. The maximum absolute atomic E-state index is 11.7. The van der Waals surface area contributed by atoms with E-state index in [1.165, 1.54) is 0 Å². The highest BCUT2D eigenvalue weighted by Crippen LogP contribution is 2.16. The Balaban J connectivity index is 2.69. The third-order valence-electron chi connectivity index (χ3n) is 2.56. The highest BCUT2D eigenvalue weighted by atomic mass is 32.2. The van der Waals surface area contributed by atoms with Crippen molar-refractivity contribution >= 4 is 9.84 Å². The fraction of sp³-hybridized carbons (Fsp3) is 0.429. The first-order valence-electron chi connectivity index (χ1n) is 6.09. The molecule has 1 rings (SSSR count). The maximum atomic E-state index is 11.7. The average molecular weight is 281 g/mol. The van der Waals surface area contributed by atoms with E-state index >= 15 is 0 Å². The molecule has 0 heterocycles. The molecule has 5 heteroatoms. The maximum Gasteiger partial charge on any atom is 0.155 e. The molecule has 0 saturated heterocycles. The van der Waals surface area contributed by atoms with Gasteiger partial charge in [-0.3, -0.25) is 0 Å². The van der Waals surface area contributed by atoms with E-state index in [9.17, 15) is 8.42 Å². The van der Waals surface area contributed by atoms with Crippen LogP contribution in [0.15, 0.2) is 24.3 Å². The van der Waals surface area contributed by atoms with Crippen LogP contribution in [0.5, 0.6) is 5.75 Å². The van der Waals surface area contributed by atoms with Crippen molar-refractivity contribution in [3.63, 3.8) is 0 Å². The Morgan fingerprint density at radius 2 is 2.00 bits per heavy atom. The minimum absolute atomic E-state index is 0.00329. The Labute approximate surface area is 114 Å². The number of rotatable bonds is 5. The van der Waals surface area contributed by atoms with Gasteiger partial charge in [-0.25, -0.2) is 8.42 Å². The molecule has 0 bridgehead atoms. The zero-order valence-electron chi connectivity index (χ0n) is 11.2. The van der Waals surface area contributed by atoms with Gasteiger partial charge in [0.15, 0.2) is 9.84 Å². The Morgan fingerprint density at radius 1 is 1.32 bits per heavy atom.